The van der Waals surface area contributed by atoms with Gasteiger partial charge in [-0.2, -0.15) is 0 Å². The number of thioether (sulfide) groups is 1. The Morgan fingerprint density at radius 2 is 1.82 bits per heavy atom. The zero-order valence-electron chi connectivity index (χ0n) is 17.1. The zero-order valence-corrected chi connectivity index (χ0v) is 18.0. The largest absolute Gasteiger partial charge is 0.497 e. The Morgan fingerprint density at radius 3 is 2.43 bits per heavy atom. The van der Waals surface area contributed by atoms with Crippen LogP contribution in [-0.4, -0.2) is 60.2 Å². The summed E-state index contributed by atoms with van der Waals surface area (Å²) >= 11 is 1.77. The molecule has 3 amide bonds. The van der Waals surface area contributed by atoms with E-state index >= 15 is 0 Å². The maximum Gasteiger partial charge on any atom is 0.327 e. The summed E-state index contributed by atoms with van der Waals surface area (Å²) in [5.41, 5.74) is 1.04. The molecule has 3 rings (SSSR count). The summed E-state index contributed by atoms with van der Waals surface area (Å²) in [6, 6.07) is 7.55. The molecule has 0 bridgehead atoms. The first-order valence-electron chi connectivity index (χ1n) is 9.65. The molecule has 2 saturated heterocycles. The van der Waals surface area contributed by atoms with Crippen LogP contribution in [0.15, 0.2) is 24.3 Å². The minimum atomic E-state index is -0.346. The molecule has 7 nitrogen and oxygen atoms in total. The van der Waals surface area contributed by atoms with Crippen LogP contribution in [0.4, 0.5) is 4.79 Å². The number of nitrogens with zero attached hydrogens (tertiary/aromatic N) is 2. The minimum Gasteiger partial charge on any atom is -0.497 e. The summed E-state index contributed by atoms with van der Waals surface area (Å²) in [5.74, 6) is 1.89. The van der Waals surface area contributed by atoms with E-state index in [1.807, 2.05) is 24.3 Å². The molecule has 2 N–H and O–H groups in total. The third kappa shape index (κ3) is 4.14. The summed E-state index contributed by atoms with van der Waals surface area (Å²) in [7, 11) is 4.95. The van der Waals surface area contributed by atoms with Crippen LogP contribution in [0.25, 0.3) is 0 Å². The third-order valence-electron chi connectivity index (χ3n) is 5.40. The highest BCUT2D eigenvalue weighted by Crippen LogP contribution is 2.35. The van der Waals surface area contributed by atoms with E-state index in [-0.39, 0.29) is 35.6 Å². The second kappa shape index (κ2) is 8.71. The van der Waals surface area contributed by atoms with E-state index in [9.17, 15) is 9.59 Å². The van der Waals surface area contributed by atoms with Crippen molar-refractivity contribution in [3.05, 3.63) is 29.8 Å². The Kier molecular flexibility index (Phi) is 6.52. The van der Waals surface area contributed by atoms with Gasteiger partial charge in [-0.3, -0.25) is 20.3 Å². The lowest BCUT2D eigenvalue weighted by Crippen LogP contribution is -2.72. The number of methoxy groups -OCH3 is 1. The van der Waals surface area contributed by atoms with Crippen molar-refractivity contribution in [3.8, 4) is 5.75 Å². The standard InChI is InChI=1S/C20H30N4O3S/c1-12(2)10-11-28-18-15-17(23(3)20(26)24(4)19(15)25)21-16(22-18)13-6-8-14(27-5)9-7-13/h6-9,12,15-18,21-22H,10-11H2,1-5H3. The number of fused-ring (bicyclic) bond motifs is 1. The molecule has 4 atom stereocenters. The lowest BCUT2D eigenvalue weighted by Gasteiger charge is -2.50. The van der Waals surface area contributed by atoms with E-state index in [4.69, 9.17) is 4.74 Å². The van der Waals surface area contributed by atoms with E-state index < -0.39 is 0 Å². The lowest BCUT2D eigenvalue weighted by atomic mass is 9.96. The normalized spacial score (nSPS) is 27.9. The van der Waals surface area contributed by atoms with Gasteiger partial charge < -0.3 is 9.64 Å². The van der Waals surface area contributed by atoms with Gasteiger partial charge in [-0.1, -0.05) is 26.0 Å². The molecule has 0 spiro atoms. The maximum absolute atomic E-state index is 12.9. The quantitative estimate of drug-likeness (QED) is 0.756. The van der Waals surface area contributed by atoms with Crippen LogP contribution in [0.2, 0.25) is 0 Å². The van der Waals surface area contributed by atoms with Crippen LogP contribution in [0.1, 0.15) is 32.0 Å². The third-order valence-corrected chi connectivity index (χ3v) is 6.66. The minimum absolute atomic E-state index is 0.0809. The van der Waals surface area contributed by atoms with Crippen LogP contribution in [0.3, 0.4) is 0 Å². The van der Waals surface area contributed by atoms with Crippen LogP contribution in [0, 0.1) is 11.8 Å². The molecule has 1 aromatic carbocycles. The van der Waals surface area contributed by atoms with Crippen molar-refractivity contribution in [1.29, 1.82) is 0 Å². The van der Waals surface area contributed by atoms with Crippen molar-refractivity contribution < 1.29 is 14.3 Å². The monoisotopic (exact) mass is 406 g/mol. The number of hydrogen-bond donors (Lipinski definition) is 2. The number of urea groups is 1. The first-order valence-corrected chi connectivity index (χ1v) is 10.7. The summed E-state index contributed by atoms with van der Waals surface area (Å²) in [6.07, 6.45) is 0.580. The van der Waals surface area contributed by atoms with Crippen molar-refractivity contribution in [2.75, 3.05) is 27.0 Å². The van der Waals surface area contributed by atoms with Gasteiger partial charge in [0.15, 0.2) is 0 Å². The van der Waals surface area contributed by atoms with Gasteiger partial charge in [0, 0.05) is 14.1 Å². The van der Waals surface area contributed by atoms with E-state index in [0.29, 0.717) is 5.92 Å². The summed E-state index contributed by atoms with van der Waals surface area (Å²) in [5, 5.41) is 6.97. The predicted octanol–water partition coefficient (Wildman–Crippen LogP) is 2.46. The Morgan fingerprint density at radius 1 is 1.14 bits per heavy atom. The van der Waals surface area contributed by atoms with Gasteiger partial charge in [0.1, 0.15) is 5.75 Å². The first kappa shape index (κ1) is 21.0. The van der Waals surface area contributed by atoms with Gasteiger partial charge >= 0.3 is 6.03 Å². The molecule has 4 unspecified atom stereocenters. The van der Waals surface area contributed by atoms with E-state index in [2.05, 4.69) is 24.5 Å². The van der Waals surface area contributed by atoms with E-state index in [1.54, 1.807) is 37.9 Å². The predicted molar refractivity (Wildman–Crippen MR) is 111 cm³/mol. The number of benzene rings is 1. The van der Waals surface area contributed by atoms with Gasteiger partial charge in [-0.05, 0) is 35.8 Å². The number of amides is 3. The molecule has 0 saturated carbocycles. The maximum atomic E-state index is 12.9. The van der Waals surface area contributed by atoms with Crippen molar-refractivity contribution in [3.63, 3.8) is 0 Å². The van der Waals surface area contributed by atoms with Crippen LogP contribution >= 0.6 is 11.8 Å². The number of ether oxygens (including phenoxy) is 1. The molecule has 1 aromatic rings. The second-order valence-electron chi connectivity index (χ2n) is 7.77. The topological polar surface area (TPSA) is 73.9 Å². The Bertz CT molecular complexity index is 712. The average molecular weight is 407 g/mol. The summed E-state index contributed by atoms with van der Waals surface area (Å²) < 4.78 is 5.25. The van der Waals surface area contributed by atoms with Crippen molar-refractivity contribution >= 4 is 23.7 Å². The number of carbonyl (C=O) groups is 2. The molecule has 0 aliphatic carbocycles. The smallest absolute Gasteiger partial charge is 0.327 e. The van der Waals surface area contributed by atoms with Crippen molar-refractivity contribution in [2.45, 2.75) is 38.0 Å². The van der Waals surface area contributed by atoms with Gasteiger partial charge in [0.05, 0.1) is 30.7 Å². The highest BCUT2D eigenvalue weighted by atomic mass is 32.2. The van der Waals surface area contributed by atoms with Gasteiger partial charge in [-0.15, -0.1) is 11.8 Å². The van der Waals surface area contributed by atoms with Gasteiger partial charge in [0.2, 0.25) is 5.91 Å². The molecule has 2 heterocycles. The molecule has 0 aromatic heterocycles. The summed E-state index contributed by atoms with van der Waals surface area (Å²) in [4.78, 5) is 28.3. The first-order chi connectivity index (χ1) is 13.3. The molecule has 154 valence electrons. The SMILES string of the molecule is COc1ccc(C2NC(SCCC(C)C)C3C(=O)N(C)C(=O)N(C)C3N2)cc1. The number of imide groups is 1. The molecule has 2 aliphatic rings. The highest BCUT2D eigenvalue weighted by molar-refractivity contribution is 7.99. The molecule has 0 radical (unpaired) electrons. The van der Waals surface area contributed by atoms with Crippen LogP contribution in [0.5, 0.6) is 5.75 Å². The second-order valence-corrected chi connectivity index (χ2v) is 9.02. The Balaban J connectivity index is 1.85. The molecular formula is C20H30N4O3S. The average Bonchev–Trinajstić information content (AvgIpc) is 2.70. The highest BCUT2D eigenvalue weighted by Gasteiger charge is 2.50. The van der Waals surface area contributed by atoms with Crippen LogP contribution in [-0.2, 0) is 4.79 Å². The van der Waals surface area contributed by atoms with Crippen molar-refractivity contribution in [2.24, 2.45) is 11.8 Å². The fourth-order valence-corrected chi connectivity index (χ4v) is 5.18. The van der Waals surface area contributed by atoms with E-state index in [0.717, 1.165) is 23.5 Å². The fourth-order valence-electron chi connectivity index (χ4n) is 3.62. The molecule has 2 fully saturated rings. The number of hydrogen-bond acceptors (Lipinski definition) is 6. The number of nitrogens with one attached hydrogen (secondary N) is 2. The fraction of sp³-hybridized carbons (Fsp3) is 0.600. The van der Waals surface area contributed by atoms with Crippen LogP contribution < -0.4 is 15.4 Å². The Hall–Kier alpha value is -1.77. The molecular weight excluding hydrogens is 376 g/mol. The molecule has 2 aliphatic heterocycles. The Labute approximate surface area is 171 Å². The summed E-state index contributed by atoms with van der Waals surface area (Å²) in [6.45, 7) is 4.40. The van der Waals surface area contributed by atoms with E-state index in [1.165, 1.54) is 4.90 Å². The number of rotatable bonds is 6. The molecule has 28 heavy (non-hydrogen) atoms. The zero-order chi connectivity index (χ0) is 20.4. The number of carbonyl (C=O) groups excluding carboxylic acids is 2. The van der Waals surface area contributed by atoms with Gasteiger partial charge in [-0.25, -0.2) is 4.79 Å². The lowest BCUT2D eigenvalue weighted by molar-refractivity contribution is -0.140. The van der Waals surface area contributed by atoms with Crippen molar-refractivity contribution in [1.82, 2.24) is 20.4 Å². The molecule has 8 heteroatoms. The van der Waals surface area contributed by atoms with Gasteiger partial charge in [0.25, 0.3) is 0 Å².